The average molecular weight is 318 g/mol. The van der Waals surface area contributed by atoms with E-state index in [0.717, 1.165) is 25.7 Å². The minimum Gasteiger partial charge on any atom is -0.366 e. The van der Waals surface area contributed by atoms with Gasteiger partial charge < -0.3 is 9.80 Å². The second-order valence-electron chi connectivity index (χ2n) is 6.52. The second-order valence-corrected chi connectivity index (χ2v) is 6.52. The van der Waals surface area contributed by atoms with E-state index < -0.39 is 0 Å². The fourth-order valence-corrected chi connectivity index (χ4v) is 3.58. The highest BCUT2D eigenvalue weighted by atomic mass is 19.1. The van der Waals surface area contributed by atoms with Gasteiger partial charge in [0.1, 0.15) is 5.82 Å². The number of ketones is 1. The van der Waals surface area contributed by atoms with Crippen LogP contribution in [0.4, 0.5) is 10.1 Å². The van der Waals surface area contributed by atoms with Crippen molar-refractivity contribution in [2.45, 2.75) is 32.6 Å². The summed E-state index contributed by atoms with van der Waals surface area (Å²) < 4.78 is 14.2. The molecule has 1 aromatic rings. The van der Waals surface area contributed by atoms with Crippen molar-refractivity contribution in [3.63, 3.8) is 0 Å². The van der Waals surface area contributed by atoms with Crippen LogP contribution in [0.1, 0.15) is 43.0 Å². The predicted molar refractivity (Wildman–Crippen MR) is 87.2 cm³/mol. The summed E-state index contributed by atoms with van der Waals surface area (Å²) in [6, 6.07) is 4.63. The number of amides is 1. The maximum atomic E-state index is 14.2. The molecular formula is C18H23FN2O2. The van der Waals surface area contributed by atoms with Gasteiger partial charge in [-0.3, -0.25) is 9.59 Å². The lowest BCUT2D eigenvalue weighted by Gasteiger charge is -2.37. The normalized spacial score (nSPS) is 19.2. The largest absolute Gasteiger partial charge is 0.366 e. The molecule has 1 aliphatic carbocycles. The number of anilines is 1. The standard InChI is InChI=1S/C18H23FN2O2/c1-13(22)15-6-7-17(16(19)12-15)20-8-10-21(11-9-20)18(23)14-4-2-3-5-14/h6-7,12,14H,2-5,8-11H2,1H3. The molecule has 0 bridgehead atoms. The zero-order valence-corrected chi connectivity index (χ0v) is 13.6. The van der Waals surface area contributed by atoms with Crippen molar-refractivity contribution in [1.82, 2.24) is 4.90 Å². The topological polar surface area (TPSA) is 40.6 Å². The number of Topliss-reactive ketones (excluding diaryl/α,β-unsaturated/α-hetero) is 1. The van der Waals surface area contributed by atoms with Crippen LogP contribution in [0.15, 0.2) is 18.2 Å². The first-order valence-electron chi connectivity index (χ1n) is 8.40. The average Bonchev–Trinajstić information content (AvgIpc) is 3.08. The third kappa shape index (κ3) is 3.38. The van der Waals surface area contributed by atoms with Gasteiger partial charge in [-0.25, -0.2) is 4.39 Å². The first-order chi connectivity index (χ1) is 11.1. The molecule has 3 rings (SSSR count). The molecule has 1 amide bonds. The van der Waals surface area contributed by atoms with Crippen molar-refractivity contribution in [2.75, 3.05) is 31.1 Å². The highest BCUT2D eigenvalue weighted by molar-refractivity contribution is 5.94. The second kappa shape index (κ2) is 6.69. The number of hydrogen-bond acceptors (Lipinski definition) is 3. The van der Waals surface area contributed by atoms with E-state index in [0.29, 0.717) is 37.4 Å². The van der Waals surface area contributed by atoms with Crippen LogP contribution in [-0.2, 0) is 4.79 Å². The predicted octanol–water partition coefficient (Wildman–Crippen LogP) is 2.87. The molecule has 0 atom stereocenters. The van der Waals surface area contributed by atoms with Gasteiger partial charge in [-0.05, 0) is 38.0 Å². The molecular weight excluding hydrogens is 295 g/mol. The first kappa shape index (κ1) is 16.0. The van der Waals surface area contributed by atoms with E-state index >= 15 is 0 Å². The van der Waals surface area contributed by atoms with E-state index in [1.54, 1.807) is 12.1 Å². The molecule has 1 saturated heterocycles. The van der Waals surface area contributed by atoms with Crippen LogP contribution >= 0.6 is 0 Å². The van der Waals surface area contributed by atoms with Gasteiger partial charge in [-0.15, -0.1) is 0 Å². The Morgan fingerprint density at radius 1 is 1.09 bits per heavy atom. The van der Waals surface area contributed by atoms with Crippen LogP contribution in [0, 0.1) is 11.7 Å². The minimum atomic E-state index is -0.367. The Balaban J connectivity index is 1.62. The first-order valence-corrected chi connectivity index (χ1v) is 8.40. The fraction of sp³-hybridized carbons (Fsp3) is 0.556. The summed E-state index contributed by atoms with van der Waals surface area (Å²) in [6.07, 6.45) is 4.34. The molecule has 0 unspecified atom stereocenters. The molecule has 0 N–H and O–H groups in total. The van der Waals surface area contributed by atoms with Crippen LogP contribution in [0.3, 0.4) is 0 Å². The van der Waals surface area contributed by atoms with Gasteiger partial charge in [0, 0.05) is 37.7 Å². The number of hydrogen-bond donors (Lipinski definition) is 0. The van der Waals surface area contributed by atoms with Gasteiger partial charge in [0.25, 0.3) is 0 Å². The Hall–Kier alpha value is -1.91. The molecule has 0 radical (unpaired) electrons. The molecule has 124 valence electrons. The lowest BCUT2D eigenvalue weighted by molar-refractivity contribution is -0.135. The molecule has 2 fully saturated rings. The van der Waals surface area contributed by atoms with E-state index in [2.05, 4.69) is 0 Å². The zero-order valence-electron chi connectivity index (χ0n) is 13.6. The van der Waals surface area contributed by atoms with Crippen molar-refractivity contribution < 1.29 is 14.0 Å². The van der Waals surface area contributed by atoms with E-state index in [1.165, 1.54) is 13.0 Å². The van der Waals surface area contributed by atoms with Crippen LogP contribution in [0.2, 0.25) is 0 Å². The van der Waals surface area contributed by atoms with Crippen LogP contribution < -0.4 is 4.90 Å². The van der Waals surface area contributed by atoms with Crippen molar-refractivity contribution >= 4 is 17.4 Å². The summed E-state index contributed by atoms with van der Waals surface area (Å²) in [5, 5.41) is 0. The van der Waals surface area contributed by atoms with Crippen molar-refractivity contribution in [2.24, 2.45) is 5.92 Å². The fourth-order valence-electron chi connectivity index (χ4n) is 3.58. The van der Waals surface area contributed by atoms with Gasteiger partial charge in [-0.2, -0.15) is 0 Å². The number of rotatable bonds is 3. The number of carbonyl (C=O) groups is 2. The van der Waals surface area contributed by atoms with E-state index in [9.17, 15) is 14.0 Å². The Labute approximate surface area is 136 Å². The van der Waals surface area contributed by atoms with Gasteiger partial charge in [0.15, 0.2) is 5.78 Å². The summed E-state index contributed by atoms with van der Waals surface area (Å²) in [5.74, 6) is -0.0293. The van der Waals surface area contributed by atoms with E-state index in [1.807, 2.05) is 9.80 Å². The SMILES string of the molecule is CC(=O)c1ccc(N2CCN(C(=O)C3CCCC3)CC2)c(F)c1. The molecule has 1 saturated carbocycles. The maximum Gasteiger partial charge on any atom is 0.225 e. The number of piperazine rings is 1. The van der Waals surface area contributed by atoms with Crippen molar-refractivity contribution in [3.8, 4) is 0 Å². The smallest absolute Gasteiger partial charge is 0.225 e. The molecule has 1 aromatic carbocycles. The molecule has 1 heterocycles. The lowest BCUT2D eigenvalue weighted by Crippen LogP contribution is -2.50. The molecule has 23 heavy (non-hydrogen) atoms. The summed E-state index contributed by atoms with van der Waals surface area (Å²) in [7, 11) is 0. The monoisotopic (exact) mass is 318 g/mol. The molecule has 2 aliphatic rings. The maximum absolute atomic E-state index is 14.2. The molecule has 0 spiro atoms. The highest BCUT2D eigenvalue weighted by Gasteiger charge is 2.29. The number of carbonyl (C=O) groups excluding carboxylic acids is 2. The highest BCUT2D eigenvalue weighted by Crippen LogP contribution is 2.28. The van der Waals surface area contributed by atoms with Crippen LogP contribution in [0.5, 0.6) is 0 Å². The van der Waals surface area contributed by atoms with Crippen LogP contribution in [0.25, 0.3) is 0 Å². The Morgan fingerprint density at radius 3 is 2.30 bits per heavy atom. The summed E-state index contributed by atoms with van der Waals surface area (Å²) >= 11 is 0. The van der Waals surface area contributed by atoms with E-state index in [4.69, 9.17) is 0 Å². The van der Waals surface area contributed by atoms with Crippen LogP contribution in [-0.4, -0.2) is 42.8 Å². The summed E-state index contributed by atoms with van der Waals surface area (Å²) in [6.45, 7) is 3.98. The third-order valence-corrected chi connectivity index (χ3v) is 4.99. The lowest BCUT2D eigenvalue weighted by atomic mass is 10.1. The van der Waals surface area contributed by atoms with Gasteiger partial charge in [-0.1, -0.05) is 12.8 Å². The van der Waals surface area contributed by atoms with Gasteiger partial charge in [0.2, 0.25) is 5.91 Å². The number of benzene rings is 1. The minimum absolute atomic E-state index is 0.137. The van der Waals surface area contributed by atoms with Gasteiger partial charge in [0.05, 0.1) is 5.69 Å². The Kier molecular flexibility index (Phi) is 4.64. The zero-order chi connectivity index (χ0) is 16.4. The molecule has 1 aliphatic heterocycles. The summed E-state index contributed by atoms with van der Waals surface area (Å²) in [5.41, 5.74) is 0.907. The Bertz CT molecular complexity index is 603. The van der Waals surface area contributed by atoms with Gasteiger partial charge >= 0.3 is 0 Å². The molecule has 5 heteroatoms. The Morgan fingerprint density at radius 2 is 1.74 bits per heavy atom. The third-order valence-electron chi connectivity index (χ3n) is 4.99. The number of halogens is 1. The molecule has 0 aromatic heterocycles. The summed E-state index contributed by atoms with van der Waals surface area (Å²) in [4.78, 5) is 27.6. The van der Waals surface area contributed by atoms with E-state index in [-0.39, 0.29) is 23.4 Å². The van der Waals surface area contributed by atoms with Crippen molar-refractivity contribution in [3.05, 3.63) is 29.6 Å². The molecule has 4 nitrogen and oxygen atoms in total. The quantitative estimate of drug-likeness (QED) is 0.805. The van der Waals surface area contributed by atoms with Crippen molar-refractivity contribution in [1.29, 1.82) is 0 Å². The number of nitrogens with zero attached hydrogens (tertiary/aromatic N) is 2.